The van der Waals surface area contributed by atoms with Gasteiger partial charge in [-0.2, -0.15) is 0 Å². The molecule has 1 aromatic rings. The van der Waals surface area contributed by atoms with Gasteiger partial charge in [-0.25, -0.2) is 4.79 Å². The lowest BCUT2D eigenvalue weighted by atomic mass is 10.2. The molecule has 0 saturated carbocycles. The van der Waals surface area contributed by atoms with Crippen molar-refractivity contribution >= 4 is 23.6 Å². The van der Waals surface area contributed by atoms with Crippen LogP contribution in [0.2, 0.25) is 5.02 Å². The van der Waals surface area contributed by atoms with Gasteiger partial charge in [0, 0.05) is 18.1 Å². The van der Waals surface area contributed by atoms with Crippen molar-refractivity contribution in [3.05, 3.63) is 34.9 Å². The van der Waals surface area contributed by atoms with Crippen LogP contribution in [0, 0.1) is 0 Å². The normalized spacial score (nSPS) is 9.89. The molecule has 0 saturated heterocycles. The number of nitrogens with one attached hydrogen (secondary N) is 1. The maximum atomic E-state index is 11.7. The first-order valence-corrected chi connectivity index (χ1v) is 5.89. The Kier molecular flexibility index (Phi) is 5.45. The van der Waals surface area contributed by atoms with Crippen molar-refractivity contribution in [3.63, 3.8) is 0 Å². The lowest BCUT2D eigenvalue weighted by Gasteiger charge is -2.19. The largest absolute Gasteiger partial charge is 0.480 e. The number of aliphatic carboxylic acids is 1. The Balaban J connectivity index is 2.51. The quantitative estimate of drug-likeness (QED) is 0.859. The molecule has 2 N–H and O–H groups in total. The van der Waals surface area contributed by atoms with E-state index in [1.807, 2.05) is 6.07 Å². The fourth-order valence-electron chi connectivity index (χ4n) is 1.43. The van der Waals surface area contributed by atoms with Crippen molar-refractivity contribution in [3.8, 4) is 0 Å². The number of rotatable bonds is 5. The molecule has 1 rings (SSSR count). The maximum Gasteiger partial charge on any atom is 0.323 e. The first-order chi connectivity index (χ1) is 8.52. The molecule has 6 heteroatoms. The first-order valence-electron chi connectivity index (χ1n) is 5.52. The summed E-state index contributed by atoms with van der Waals surface area (Å²) >= 11 is 5.82. The van der Waals surface area contributed by atoms with Crippen molar-refractivity contribution in [2.45, 2.75) is 13.5 Å². The Bertz CT molecular complexity index is 437. The van der Waals surface area contributed by atoms with Gasteiger partial charge >= 0.3 is 12.0 Å². The van der Waals surface area contributed by atoms with E-state index in [-0.39, 0.29) is 6.54 Å². The topological polar surface area (TPSA) is 69.6 Å². The van der Waals surface area contributed by atoms with Crippen LogP contribution in [0.25, 0.3) is 0 Å². The number of carboxylic acid groups (broad SMARTS) is 1. The molecule has 0 fully saturated rings. The Hall–Kier alpha value is -1.75. The van der Waals surface area contributed by atoms with Crippen LogP contribution >= 0.6 is 11.6 Å². The number of amides is 2. The van der Waals surface area contributed by atoms with E-state index in [0.29, 0.717) is 18.1 Å². The standard InChI is InChI=1S/C12H15ClN2O3/c1-2-15(8-11(16)17)12(18)14-7-9-4-3-5-10(13)6-9/h3-6H,2,7-8H2,1H3,(H,14,18)(H,16,17). The molecule has 0 aromatic heterocycles. The van der Waals surface area contributed by atoms with E-state index in [9.17, 15) is 9.59 Å². The minimum Gasteiger partial charge on any atom is -0.480 e. The highest BCUT2D eigenvalue weighted by Gasteiger charge is 2.13. The molecular weight excluding hydrogens is 256 g/mol. The number of likely N-dealkylation sites (N-methyl/N-ethyl adjacent to an activating group) is 1. The van der Waals surface area contributed by atoms with Gasteiger partial charge in [0.2, 0.25) is 0 Å². The summed E-state index contributed by atoms with van der Waals surface area (Å²) in [5, 5.41) is 11.9. The second kappa shape index (κ2) is 6.86. The fourth-order valence-corrected chi connectivity index (χ4v) is 1.64. The SMILES string of the molecule is CCN(CC(=O)O)C(=O)NCc1cccc(Cl)c1. The van der Waals surface area contributed by atoms with Crippen molar-refractivity contribution in [2.24, 2.45) is 0 Å². The molecule has 0 bridgehead atoms. The van der Waals surface area contributed by atoms with Gasteiger partial charge in [-0.1, -0.05) is 23.7 Å². The number of halogens is 1. The zero-order valence-electron chi connectivity index (χ0n) is 10.0. The third-order valence-electron chi connectivity index (χ3n) is 2.33. The number of benzene rings is 1. The van der Waals surface area contributed by atoms with Crippen molar-refractivity contribution < 1.29 is 14.7 Å². The van der Waals surface area contributed by atoms with Gasteiger partial charge in [0.05, 0.1) is 0 Å². The number of nitrogens with zero attached hydrogens (tertiary/aromatic N) is 1. The Morgan fingerprint density at radius 1 is 1.44 bits per heavy atom. The highest BCUT2D eigenvalue weighted by molar-refractivity contribution is 6.30. The smallest absolute Gasteiger partial charge is 0.323 e. The Morgan fingerprint density at radius 3 is 2.72 bits per heavy atom. The molecule has 0 atom stereocenters. The van der Waals surface area contributed by atoms with Crippen LogP contribution in [-0.2, 0) is 11.3 Å². The molecule has 18 heavy (non-hydrogen) atoms. The van der Waals surface area contributed by atoms with E-state index >= 15 is 0 Å². The molecule has 0 aliphatic rings. The minimum atomic E-state index is -1.03. The molecular formula is C12H15ClN2O3. The summed E-state index contributed by atoms with van der Waals surface area (Å²) in [5.41, 5.74) is 0.863. The summed E-state index contributed by atoms with van der Waals surface area (Å²) in [4.78, 5) is 23.5. The average Bonchev–Trinajstić information content (AvgIpc) is 2.33. The lowest BCUT2D eigenvalue weighted by Crippen LogP contribution is -2.42. The zero-order valence-corrected chi connectivity index (χ0v) is 10.8. The van der Waals surface area contributed by atoms with Crippen LogP contribution in [-0.4, -0.2) is 35.1 Å². The zero-order chi connectivity index (χ0) is 13.5. The van der Waals surface area contributed by atoms with Gasteiger partial charge in [0.15, 0.2) is 0 Å². The lowest BCUT2D eigenvalue weighted by molar-refractivity contribution is -0.137. The van der Waals surface area contributed by atoms with E-state index in [2.05, 4.69) is 5.32 Å². The van der Waals surface area contributed by atoms with Gasteiger partial charge in [0.1, 0.15) is 6.54 Å². The van der Waals surface area contributed by atoms with Gasteiger partial charge in [0.25, 0.3) is 0 Å². The summed E-state index contributed by atoms with van der Waals surface area (Å²) in [7, 11) is 0. The van der Waals surface area contributed by atoms with E-state index in [0.717, 1.165) is 5.56 Å². The molecule has 0 aliphatic carbocycles. The van der Waals surface area contributed by atoms with Crippen LogP contribution in [0.5, 0.6) is 0 Å². The van der Waals surface area contributed by atoms with Gasteiger partial charge in [-0.3, -0.25) is 4.79 Å². The van der Waals surface area contributed by atoms with Gasteiger partial charge in [-0.05, 0) is 24.6 Å². The summed E-state index contributed by atoms with van der Waals surface area (Å²) in [5.74, 6) is -1.03. The maximum absolute atomic E-state index is 11.7. The number of urea groups is 1. The average molecular weight is 271 g/mol. The van der Waals surface area contributed by atoms with E-state index < -0.39 is 12.0 Å². The first kappa shape index (κ1) is 14.3. The molecule has 0 unspecified atom stereocenters. The second-order valence-electron chi connectivity index (χ2n) is 3.70. The monoisotopic (exact) mass is 270 g/mol. The number of carboxylic acids is 1. The predicted octanol–water partition coefficient (Wildman–Crippen LogP) is 1.96. The van der Waals surface area contributed by atoms with E-state index in [1.54, 1.807) is 25.1 Å². The van der Waals surface area contributed by atoms with E-state index in [1.165, 1.54) is 4.90 Å². The molecule has 0 radical (unpaired) electrons. The fraction of sp³-hybridized carbons (Fsp3) is 0.333. The van der Waals surface area contributed by atoms with Crippen LogP contribution in [0.1, 0.15) is 12.5 Å². The van der Waals surface area contributed by atoms with Gasteiger partial charge < -0.3 is 15.3 Å². The molecule has 0 heterocycles. The van der Waals surface area contributed by atoms with Gasteiger partial charge in [-0.15, -0.1) is 0 Å². The summed E-state index contributed by atoms with van der Waals surface area (Å²) < 4.78 is 0. The number of carbonyl (C=O) groups is 2. The van der Waals surface area contributed by atoms with Crippen molar-refractivity contribution in [1.29, 1.82) is 0 Å². The third kappa shape index (κ3) is 4.63. The van der Waals surface area contributed by atoms with Crippen LogP contribution in [0.15, 0.2) is 24.3 Å². The van der Waals surface area contributed by atoms with Crippen molar-refractivity contribution in [2.75, 3.05) is 13.1 Å². The minimum absolute atomic E-state index is 0.308. The number of hydrogen-bond donors (Lipinski definition) is 2. The predicted molar refractivity (Wildman–Crippen MR) is 68.6 cm³/mol. The Labute approximate surface area is 110 Å². The number of hydrogen-bond acceptors (Lipinski definition) is 2. The molecule has 0 spiro atoms. The Morgan fingerprint density at radius 2 is 2.17 bits per heavy atom. The number of carbonyl (C=O) groups excluding carboxylic acids is 1. The second-order valence-corrected chi connectivity index (χ2v) is 4.13. The van der Waals surface area contributed by atoms with Crippen LogP contribution < -0.4 is 5.32 Å². The summed E-state index contributed by atoms with van der Waals surface area (Å²) in [6, 6.07) is 6.71. The molecule has 1 aromatic carbocycles. The molecule has 2 amide bonds. The van der Waals surface area contributed by atoms with Crippen molar-refractivity contribution in [1.82, 2.24) is 10.2 Å². The summed E-state index contributed by atoms with van der Waals surface area (Å²) in [6.07, 6.45) is 0. The van der Waals surface area contributed by atoms with Crippen LogP contribution in [0.4, 0.5) is 4.79 Å². The molecule has 0 aliphatic heterocycles. The van der Waals surface area contributed by atoms with E-state index in [4.69, 9.17) is 16.7 Å². The highest BCUT2D eigenvalue weighted by Crippen LogP contribution is 2.10. The molecule has 5 nitrogen and oxygen atoms in total. The summed E-state index contributed by atoms with van der Waals surface area (Å²) in [6.45, 7) is 2.07. The third-order valence-corrected chi connectivity index (χ3v) is 2.56. The van der Waals surface area contributed by atoms with Crippen LogP contribution in [0.3, 0.4) is 0 Å². The highest BCUT2D eigenvalue weighted by atomic mass is 35.5. The molecule has 98 valence electrons.